The van der Waals surface area contributed by atoms with E-state index in [-0.39, 0.29) is 6.10 Å². The Balaban J connectivity index is 2.62. The van der Waals surface area contributed by atoms with Crippen molar-refractivity contribution in [3.8, 4) is 5.88 Å². The molecule has 0 aromatic carbocycles. The lowest BCUT2D eigenvalue weighted by Gasteiger charge is -2.13. The highest BCUT2D eigenvalue weighted by molar-refractivity contribution is 7.98. The van der Waals surface area contributed by atoms with E-state index in [1.807, 2.05) is 38.6 Å². The summed E-state index contributed by atoms with van der Waals surface area (Å²) in [6.45, 7) is 9.03. The number of aromatic nitrogens is 2. The Kier molecular flexibility index (Phi) is 6.25. The van der Waals surface area contributed by atoms with Crippen molar-refractivity contribution in [1.82, 2.24) is 9.97 Å². The molecule has 0 fully saturated rings. The van der Waals surface area contributed by atoms with Crippen LogP contribution in [0, 0.1) is 12.8 Å². The number of aryl methyl sites for hydroxylation is 1. The van der Waals surface area contributed by atoms with Gasteiger partial charge < -0.3 is 10.1 Å². The van der Waals surface area contributed by atoms with Gasteiger partial charge in [0.05, 0.1) is 6.10 Å². The van der Waals surface area contributed by atoms with E-state index < -0.39 is 0 Å². The summed E-state index contributed by atoms with van der Waals surface area (Å²) in [4.78, 5) is 8.72. The van der Waals surface area contributed by atoms with E-state index in [2.05, 4.69) is 28.5 Å². The molecule has 18 heavy (non-hydrogen) atoms. The van der Waals surface area contributed by atoms with E-state index in [0.29, 0.717) is 17.7 Å². The van der Waals surface area contributed by atoms with Crippen LogP contribution in [0.3, 0.4) is 0 Å². The lowest BCUT2D eigenvalue weighted by molar-refractivity contribution is 0.232. The van der Waals surface area contributed by atoms with Crippen LogP contribution < -0.4 is 10.1 Å². The average Bonchev–Trinajstić information content (AvgIpc) is 2.25. The van der Waals surface area contributed by atoms with Gasteiger partial charge in [-0.2, -0.15) is 16.7 Å². The molecule has 0 saturated heterocycles. The SMILES string of the molecule is CSCC(C)CNc1nc(C)cc(OC(C)C)n1. The first kappa shape index (κ1) is 15.1. The number of anilines is 1. The molecule has 0 spiro atoms. The minimum Gasteiger partial charge on any atom is -0.475 e. The van der Waals surface area contributed by atoms with Gasteiger partial charge >= 0.3 is 0 Å². The van der Waals surface area contributed by atoms with Crippen molar-refractivity contribution in [2.75, 3.05) is 23.9 Å². The normalized spacial score (nSPS) is 12.6. The van der Waals surface area contributed by atoms with Gasteiger partial charge in [-0.05, 0) is 38.7 Å². The summed E-state index contributed by atoms with van der Waals surface area (Å²) < 4.78 is 5.59. The number of nitrogens with zero attached hydrogens (tertiary/aromatic N) is 2. The summed E-state index contributed by atoms with van der Waals surface area (Å²) in [5.74, 6) is 3.02. The summed E-state index contributed by atoms with van der Waals surface area (Å²) in [5, 5.41) is 3.27. The fourth-order valence-corrected chi connectivity index (χ4v) is 2.22. The minimum absolute atomic E-state index is 0.127. The van der Waals surface area contributed by atoms with Crippen molar-refractivity contribution >= 4 is 17.7 Å². The molecule has 0 aliphatic rings. The predicted octanol–water partition coefficient (Wildman–Crippen LogP) is 2.98. The fraction of sp³-hybridized carbons (Fsp3) is 0.692. The third-order valence-electron chi connectivity index (χ3n) is 2.25. The second-order valence-corrected chi connectivity index (χ2v) is 5.69. The van der Waals surface area contributed by atoms with E-state index in [1.54, 1.807) is 0 Å². The zero-order valence-electron chi connectivity index (χ0n) is 11.9. The molecule has 0 aliphatic carbocycles. The van der Waals surface area contributed by atoms with E-state index >= 15 is 0 Å². The van der Waals surface area contributed by atoms with Crippen molar-refractivity contribution in [1.29, 1.82) is 0 Å². The highest BCUT2D eigenvalue weighted by Crippen LogP contribution is 2.14. The Hall–Kier alpha value is -0.970. The van der Waals surface area contributed by atoms with Crippen LogP contribution >= 0.6 is 11.8 Å². The van der Waals surface area contributed by atoms with E-state index in [9.17, 15) is 0 Å². The molecule has 102 valence electrons. The van der Waals surface area contributed by atoms with E-state index in [1.165, 1.54) is 0 Å². The van der Waals surface area contributed by atoms with Crippen LogP contribution in [0.2, 0.25) is 0 Å². The number of hydrogen-bond donors (Lipinski definition) is 1. The monoisotopic (exact) mass is 269 g/mol. The van der Waals surface area contributed by atoms with Crippen molar-refractivity contribution in [2.45, 2.75) is 33.8 Å². The molecule has 1 N–H and O–H groups in total. The van der Waals surface area contributed by atoms with Crippen LogP contribution in [0.5, 0.6) is 5.88 Å². The van der Waals surface area contributed by atoms with Gasteiger partial charge in [0.15, 0.2) is 0 Å². The molecule has 1 aromatic rings. The van der Waals surface area contributed by atoms with Crippen LogP contribution in [0.15, 0.2) is 6.07 Å². The van der Waals surface area contributed by atoms with Crippen molar-refractivity contribution in [2.24, 2.45) is 5.92 Å². The number of hydrogen-bond acceptors (Lipinski definition) is 5. The third kappa shape index (κ3) is 5.58. The van der Waals surface area contributed by atoms with Gasteiger partial charge in [-0.25, -0.2) is 4.98 Å². The Labute approximate surface area is 114 Å². The van der Waals surface area contributed by atoms with Crippen LogP contribution in [-0.2, 0) is 0 Å². The van der Waals surface area contributed by atoms with Crippen LogP contribution in [0.25, 0.3) is 0 Å². The maximum absolute atomic E-state index is 5.59. The first-order valence-corrected chi connectivity index (χ1v) is 7.65. The second kappa shape index (κ2) is 7.46. The average molecular weight is 269 g/mol. The summed E-state index contributed by atoms with van der Waals surface area (Å²) in [7, 11) is 0. The summed E-state index contributed by atoms with van der Waals surface area (Å²) in [6, 6.07) is 1.86. The standard InChI is InChI=1S/C13H23N3OS/c1-9(2)17-12-6-11(4)15-13(16-12)14-7-10(3)8-18-5/h6,9-10H,7-8H2,1-5H3,(H,14,15,16). The number of ether oxygens (including phenoxy) is 1. The Morgan fingerprint density at radius 3 is 2.67 bits per heavy atom. The smallest absolute Gasteiger partial charge is 0.226 e. The maximum atomic E-state index is 5.59. The lowest BCUT2D eigenvalue weighted by atomic mass is 10.2. The van der Waals surface area contributed by atoms with Gasteiger partial charge in [0.25, 0.3) is 0 Å². The zero-order valence-corrected chi connectivity index (χ0v) is 12.7. The molecule has 1 atom stereocenters. The van der Waals surface area contributed by atoms with Gasteiger partial charge in [0.2, 0.25) is 11.8 Å². The minimum atomic E-state index is 0.127. The summed E-state index contributed by atoms with van der Waals surface area (Å²) in [5.41, 5.74) is 0.917. The van der Waals surface area contributed by atoms with Crippen LogP contribution in [0.4, 0.5) is 5.95 Å². The molecule has 0 bridgehead atoms. The molecule has 0 amide bonds. The first-order chi connectivity index (χ1) is 8.51. The second-order valence-electron chi connectivity index (χ2n) is 4.78. The molecule has 0 radical (unpaired) electrons. The van der Waals surface area contributed by atoms with Crippen molar-refractivity contribution in [3.63, 3.8) is 0 Å². The molecule has 1 aromatic heterocycles. The van der Waals surface area contributed by atoms with Crippen LogP contribution in [0.1, 0.15) is 26.5 Å². The van der Waals surface area contributed by atoms with Crippen LogP contribution in [-0.4, -0.2) is 34.6 Å². The largest absolute Gasteiger partial charge is 0.475 e. The molecule has 0 aliphatic heterocycles. The first-order valence-electron chi connectivity index (χ1n) is 6.26. The molecule has 1 rings (SSSR count). The zero-order chi connectivity index (χ0) is 13.5. The van der Waals surface area contributed by atoms with E-state index in [0.717, 1.165) is 18.0 Å². The fourth-order valence-electron chi connectivity index (χ4n) is 1.53. The van der Waals surface area contributed by atoms with Gasteiger partial charge in [-0.15, -0.1) is 0 Å². The summed E-state index contributed by atoms with van der Waals surface area (Å²) in [6.07, 6.45) is 2.25. The molecule has 1 unspecified atom stereocenters. The number of nitrogens with one attached hydrogen (secondary N) is 1. The Morgan fingerprint density at radius 2 is 2.06 bits per heavy atom. The third-order valence-corrected chi connectivity index (χ3v) is 3.15. The maximum Gasteiger partial charge on any atom is 0.226 e. The van der Waals surface area contributed by atoms with Gasteiger partial charge in [-0.3, -0.25) is 0 Å². The number of rotatable bonds is 7. The highest BCUT2D eigenvalue weighted by atomic mass is 32.2. The van der Waals surface area contributed by atoms with Crippen molar-refractivity contribution < 1.29 is 4.74 Å². The highest BCUT2D eigenvalue weighted by Gasteiger charge is 2.06. The molecular formula is C13H23N3OS. The molecule has 0 saturated carbocycles. The van der Waals surface area contributed by atoms with Gasteiger partial charge in [-0.1, -0.05) is 6.92 Å². The topological polar surface area (TPSA) is 47.0 Å². The summed E-state index contributed by atoms with van der Waals surface area (Å²) >= 11 is 1.85. The Morgan fingerprint density at radius 1 is 1.33 bits per heavy atom. The van der Waals surface area contributed by atoms with Gasteiger partial charge in [0, 0.05) is 18.3 Å². The lowest BCUT2D eigenvalue weighted by Crippen LogP contribution is -2.16. The number of thioether (sulfide) groups is 1. The molecule has 1 heterocycles. The predicted molar refractivity (Wildman–Crippen MR) is 78.6 cm³/mol. The Bertz CT molecular complexity index is 371. The molecular weight excluding hydrogens is 246 g/mol. The van der Waals surface area contributed by atoms with Crippen molar-refractivity contribution in [3.05, 3.63) is 11.8 Å². The molecule has 5 heteroatoms. The van der Waals surface area contributed by atoms with E-state index in [4.69, 9.17) is 4.74 Å². The molecule has 4 nitrogen and oxygen atoms in total. The van der Waals surface area contributed by atoms with Gasteiger partial charge in [0.1, 0.15) is 0 Å². The quantitative estimate of drug-likeness (QED) is 0.824.